The Kier molecular flexibility index (Phi) is 2.12. The second-order valence-electron chi connectivity index (χ2n) is 4.68. The number of hydrogen-bond donors (Lipinski definition) is 1. The fourth-order valence-corrected chi connectivity index (χ4v) is 2.46. The lowest BCUT2D eigenvalue weighted by Crippen LogP contribution is -1.90. The van der Waals surface area contributed by atoms with E-state index in [0.29, 0.717) is 17.0 Å². The zero-order chi connectivity index (χ0) is 12.8. The summed E-state index contributed by atoms with van der Waals surface area (Å²) in [6.45, 7) is 0.970. The molecule has 1 aliphatic heterocycles. The van der Waals surface area contributed by atoms with Gasteiger partial charge >= 0.3 is 0 Å². The number of anilines is 1. The van der Waals surface area contributed by atoms with E-state index in [-0.39, 0.29) is 5.82 Å². The van der Waals surface area contributed by atoms with Gasteiger partial charge in [-0.25, -0.2) is 9.37 Å². The van der Waals surface area contributed by atoms with Crippen LogP contribution in [0, 0.1) is 5.82 Å². The van der Waals surface area contributed by atoms with Crippen molar-refractivity contribution in [1.29, 1.82) is 0 Å². The molecule has 1 aromatic heterocycles. The van der Waals surface area contributed by atoms with Gasteiger partial charge in [-0.1, -0.05) is 0 Å². The van der Waals surface area contributed by atoms with Gasteiger partial charge in [0.05, 0.1) is 0 Å². The molecule has 0 saturated heterocycles. The number of aromatic nitrogens is 1. The predicted octanol–water partition coefficient (Wildman–Crippen LogP) is 3.60. The Morgan fingerprint density at radius 3 is 3.05 bits per heavy atom. The molecule has 4 heteroatoms. The summed E-state index contributed by atoms with van der Waals surface area (Å²) in [5, 5.41) is 3.31. The minimum absolute atomic E-state index is 0.300. The van der Waals surface area contributed by atoms with Gasteiger partial charge in [-0.2, -0.15) is 0 Å². The van der Waals surface area contributed by atoms with Gasteiger partial charge in [-0.3, -0.25) is 0 Å². The number of fused-ring (bicyclic) bond motifs is 2. The SMILES string of the molecule is Fc1ccc2oc(-c3ccc4c(c3)CCN4)nc2c1. The summed E-state index contributed by atoms with van der Waals surface area (Å²) in [6, 6.07) is 10.5. The van der Waals surface area contributed by atoms with Gasteiger partial charge < -0.3 is 9.73 Å². The van der Waals surface area contributed by atoms with Crippen molar-refractivity contribution in [2.75, 3.05) is 11.9 Å². The van der Waals surface area contributed by atoms with Crippen LogP contribution in [0.3, 0.4) is 0 Å². The number of rotatable bonds is 1. The third kappa shape index (κ3) is 1.68. The molecular weight excluding hydrogens is 243 g/mol. The topological polar surface area (TPSA) is 38.1 Å². The minimum atomic E-state index is -0.300. The minimum Gasteiger partial charge on any atom is -0.436 e. The Labute approximate surface area is 109 Å². The third-order valence-electron chi connectivity index (χ3n) is 3.41. The van der Waals surface area contributed by atoms with Gasteiger partial charge in [0.2, 0.25) is 5.89 Å². The van der Waals surface area contributed by atoms with Gasteiger partial charge in [-0.15, -0.1) is 0 Å². The van der Waals surface area contributed by atoms with E-state index in [0.717, 1.165) is 18.5 Å². The fraction of sp³-hybridized carbons (Fsp3) is 0.133. The summed E-state index contributed by atoms with van der Waals surface area (Å²) >= 11 is 0. The van der Waals surface area contributed by atoms with E-state index in [4.69, 9.17) is 4.42 Å². The molecule has 0 spiro atoms. The molecular formula is C15H11FN2O. The predicted molar refractivity (Wildman–Crippen MR) is 71.6 cm³/mol. The van der Waals surface area contributed by atoms with Gasteiger partial charge in [0, 0.05) is 23.9 Å². The normalized spacial score (nSPS) is 13.5. The first-order valence-electron chi connectivity index (χ1n) is 6.23. The van der Waals surface area contributed by atoms with Crippen molar-refractivity contribution in [2.45, 2.75) is 6.42 Å². The molecule has 2 heterocycles. The standard InChI is InChI=1S/C15H11FN2O/c16-11-2-4-14-13(8-11)18-15(19-14)10-1-3-12-9(7-10)5-6-17-12/h1-4,7-8,17H,5-6H2. The average Bonchev–Trinajstić information content (AvgIpc) is 3.02. The van der Waals surface area contributed by atoms with Crippen molar-refractivity contribution in [3.05, 3.63) is 47.8 Å². The molecule has 94 valence electrons. The highest BCUT2D eigenvalue weighted by Crippen LogP contribution is 2.30. The van der Waals surface area contributed by atoms with Crippen molar-refractivity contribution in [3.8, 4) is 11.5 Å². The van der Waals surface area contributed by atoms with Gasteiger partial charge in [0.25, 0.3) is 0 Å². The molecule has 4 rings (SSSR count). The number of nitrogens with one attached hydrogen (secondary N) is 1. The van der Waals surface area contributed by atoms with Crippen molar-refractivity contribution in [3.63, 3.8) is 0 Å². The van der Waals surface area contributed by atoms with E-state index in [2.05, 4.69) is 16.4 Å². The molecule has 0 saturated carbocycles. The Hall–Kier alpha value is -2.36. The molecule has 0 bridgehead atoms. The molecule has 3 nitrogen and oxygen atoms in total. The van der Waals surface area contributed by atoms with Crippen molar-refractivity contribution in [1.82, 2.24) is 4.98 Å². The first kappa shape index (κ1) is 10.6. The molecule has 0 unspecified atom stereocenters. The summed E-state index contributed by atoms with van der Waals surface area (Å²) in [4.78, 5) is 4.34. The van der Waals surface area contributed by atoms with E-state index in [1.165, 1.54) is 23.4 Å². The highest BCUT2D eigenvalue weighted by molar-refractivity contribution is 5.77. The Bertz CT molecular complexity index is 779. The molecule has 19 heavy (non-hydrogen) atoms. The van der Waals surface area contributed by atoms with Crippen molar-refractivity contribution >= 4 is 16.8 Å². The van der Waals surface area contributed by atoms with Crippen LogP contribution in [-0.4, -0.2) is 11.5 Å². The number of halogens is 1. The van der Waals surface area contributed by atoms with Crippen LogP contribution < -0.4 is 5.32 Å². The molecule has 3 aromatic rings. The van der Waals surface area contributed by atoms with E-state index in [9.17, 15) is 4.39 Å². The van der Waals surface area contributed by atoms with Crippen LogP contribution in [0.4, 0.5) is 10.1 Å². The maximum Gasteiger partial charge on any atom is 0.227 e. The molecule has 0 fully saturated rings. The van der Waals surface area contributed by atoms with Crippen molar-refractivity contribution in [2.24, 2.45) is 0 Å². The maximum absolute atomic E-state index is 13.1. The van der Waals surface area contributed by atoms with Crippen LogP contribution in [-0.2, 0) is 6.42 Å². The van der Waals surface area contributed by atoms with Crippen LogP contribution in [0.25, 0.3) is 22.6 Å². The van der Waals surface area contributed by atoms with Crippen molar-refractivity contribution < 1.29 is 8.81 Å². The highest BCUT2D eigenvalue weighted by Gasteiger charge is 2.14. The number of nitrogens with zero attached hydrogens (tertiary/aromatic N) is 1. The summed E-state index contributed by atoms with van der Waals surface area (Å²) in [6.07, 6.45) is 1.01. The molecule has 1 aliphatic rings. The second-order valence-corrected chi connectivity index (χ2v) is 4.68. The summed E-state index contributed by atoms with van der Waals surface area (Å²) < 4.78 is 18.8. The summed E-state index contributed by atoms with van der Waals surface area (Å²) in [5.41, 5.74) is 4.53. The van der Waals surface area contributed by atoms with E-state index >= 15 is 0 Å². The van der Waals surface area contributed by atoms with Gasteiger partial charge in [0.1, 0.15) is 11.3 Å². The van der Waals surface area contributed by atoms with Crippen LogP contribution in [0.1, 0.15) is 5.56 Å². The largest absolute Gasteiger partial charge is 0.436 e. The first-order chi connectivity index (χ1) is 9.29. The number of hydrogen-bond acceptors (Lipinski definition) is 3. The zero-order valence-electron chi connectivity index (χ0n) is 10.1. The number of oxazole rings is 1. The highest BCUT2D eigenvalue weighted by atomic mass is 19.1. The Morgan fingerprint density at radius 2 is 2.11 bits per heavy atom. The summed E-state index contributed by atoms with van der Waals surface area (Å²) in [7, 11) is 0. The molecule has 1 N–H and O–H groups in total. The average molecular weight is 254 g/mol. The molecule has 0 amide bonds. The smallest absolute Gasteiger partial charge is 0.227 e. The van der Waals surface area contributed by atoms with E-state index in [1.54, 1.807) is 6.07 Å². The quantitative estimate of drug-likeness (QED) is 0.721. The Morgan fingerprint density at radius 1 is 1.16 bits per heavy atom. The monoisotopic (exact) mass is 254 g/mol. The fourth-order valence-electron chi connectivity index (χ4n) is 2.46. The van der Waals surface area contributed by atoms with Crippen LogP contribution in [0.15, 0.2) is 40.8 Å². The summed E-state index contributed by atoms with van der Waals surface area (Å²) in [5.74, 6) is 0.237. The van der Waals surface area contributed by atoms with Crippen LogP contribution in [0.5, 0.6) is 0 Å². The number of benzene rings is 2. The molecule has 0 aliphatic carbocycles. The lowest BCUT2D eigenvalue weighted by Gasteiger charge is -2.00. The van der Waals surface area contributed by atoms with E-state index in [1.807, 2.05) is 12.1 Å². The Balaban J connectivity index is 1.85. The lowest BCUT2D eigenvalue weighted by molar-refractivity contribution is 0.614. The third-order valence-corrected chi connectivity index (χ3v) is 3.41. The van der Waals surface area contributed by atoms with Crippen LogP contribution >= 0.6 is 0 Å². The van der Waals surface area contributed by atoms with Crippen LogP contribution in [0.2, 0.25) is 0 Å². The maximum atomic E-state index is 13.1. The first-order valence-corrected chi connectivity index (χ1v) is 6.23. The zero-order valence-corrected chi connectivity index (χ0v) is 10.1. The van der Waals surface area contributed by atoms with E-state index < -0.39 is 0 Å². The second kappa shape index (κ2) is 3.82. The van der Waals surface area contributed by atoms with Gasteiger partial charge in [0.15, 0.2) is 5.58 Å². The van der Waals surface area contributed by atoms with Gasteiger partial charge in [-0.05, 0) is 42.3 Å². The lowest BCUT2D eigenvalue weighted by atomic mass is 10.1. The molecule has 0 atom stereocenters. The molecule has 2 aromatic carbocycles. The molecule has 0 radical (unpaired) electrons.